The van der Waals surface area contributed by atoms with Gasteiger partial charge in [0.05, 0.1) is 12.0 Å². The van der Waals surface area contributed by atoms with Crippen LogP contribution in [0, 0.1) is 5.92 Å². The van der Waals surface area contributed by atoms with Gasteiger partial charge < -0.3 is 15.5 Å². The molecule has 126 valence electrons. The zero-order valence-corrected chi connectivity index (χ0v) is 13.5. The molecular weight excluding hydrogens is 302 g/mol. The molecule has 1 aliphatic carbocycles. The monoisotopic (exact) mass is 325 g/mol. The number of benzene rings is 2. The van der Waals surface area contributed by atoms with Crippen LogP contribution in [0.4, 0.5) is 0 Å². The second kappa shape index (κ2) is 7.60. The van der Waals surface area contributed by atoms with E-state index in [0.717, 1.165) is 11.1 Å². The molecule has 0 unspecified atom stereocenters. The van der Waals surface area contributed by atoms with Crippen LogP contribution in [-0.4, -0.2) is 34.9 Å². The van der Waals surface area contributed by atoms with Crippen LogP contribution in [0.5, 0.6) is 0 Å². The van der Waals surface area contributed by atoms with Crippen LogP contribution in [0.25, 0.3) is 0 Å². The number of aliphatic hydroxyl groups is 2. The number of amides is 1. The zero-order chi connectivity index (χ0) is 16.9. The molecule has 0 aliphatic heterocycles. The van der Waals surface area contributed by atoms with E-state index in [1.165, 1.54) is 0 Å². The van der Waals surface area contributed by atoms with Gasteiger partial charge in [-0.2, -0.15) is 0 Å². The van der Waals surface area contributed by atoms with Gasteiger partial charge in [0.2, 0.25) is 5.91 Å². The lowest BCUT2D eigenvalue weighted by atomic mass is 9.90. The minimum Gasteiger partial charge on any atom is -0.396 e. The molecule has 1 saturated carbocycles. The van der Waals surface area contributed by atoms with Crippen molar-refractivity contribution in [3.05, 3.63) is 71.8 Å². The highest BCUT2D eigenvalue weighted by Crippen LogP contribution is 2.29. The highest BCUT2D eigenvalue weighted by atomic mass is 16.3. The molecule has 4 nitrogen and oxygen atoms in total. The van der Waals surface area contributed by atoms with E-state index in [2.05, 4.69) is 5.32 Å². The summed E-state index contributed by atoms with van der Waals surface area (Å²) in [4.78, 5) is 12.9. The molecule has 0 spiro atoms. The number of nitrogens with one attached hydrogen (secondary N) is 1. The van der Waals surface area contributed by atoms with Gasteiger partial charge >= 0.3 is 0 Å². The molecule has 3 N–H and O–H groups in total. The lowest BCUT2D eigenvalue weighted by Crippen LogP contribution is -2.37. The minimum absolute atomic E-state index is 0.0473. The largest absolute Gasteiger partial charge is 0.396 e. The maximum absolute atomic E-state index is 12.9. The highest BCUT2D eigenvalue weighted by Gasteiger charge is 2.34. The SMILES string of the molecule is O=C(N[C@H]1C[C@H](CO)[C@H](O)C1)C(c1ccccc1)c1ccccc1. The summed E-state index contributed by atoms with van der Waals surface area (Å²) in [5.74, 6) is -0.594. The molecule has 3 atom stereocenters. The third-order valence-electron chi connectivity index (χ3n) is 4.77. The predicted molar refractivity (Wildman–Crippen MR) is 92.5 cm³/mol. The van der Waals surface area contributed by atoms with Gasteiger partial charge in [0.1, 0.15) is 0 Å². The fourth-order valence-corrected chi connectivity index (χ4v) is 3.49. The van der Waals surface area contributed by atoms with E-state index in [4.69, 9.17) is 0 Å². The Labute approximate surface area is 142 Å². The van der Waals surface area contributed by atoms with Crippen LogP contribution in [0.3, 0.4) is 0 Å². The molecule has 1 fully saturated rings. The van der Waals surface area contributed by atoms with Gasteiger partial charge in [-0.1, -0.05) is 60.7 Å². The van der Waals surface area contributed by atoms with E-state index >= 15 is 0 Å². The first-order valence-electron chi connectivity index (χ1n) is 8.38. The molecule has 3 rings (SSSR count). The third kappa shape index (κ3) is 3.66. The molecule has 1 aliphatic rings. The van der Waals surface area contributed by atoms with Crippen molar-refractivity contribution >= 4 is 5.91 Å². The van der Waals surface area contributed by atoms with Gasteiger partial charge in [0, 0.05) is 18.6 Å². The average molecular weight is 325 g/mol. The van der Waals surface area contributed by atoms with Crippen molar-refractivity contribution in [1.29, 1.82) is 0 Å². The lowest BCUT2D eigenvalue weighted by molar-refractivity contribution is -0.122. The maximum atomic E-state index is 12.9. The molecule has 0 radical (unpaired) electrons. The Bertz CT molecular complexity index is 620. The quantitative estimate of drug-likeness (QED) is 0.788. The molecule has 0 heterocycles. The molecule has 2 aromatic carbocycles. The Kier molecular flexibility index (Phi) is 5.28. The number of carbonyl (C=O) groups is 1. The van der Waals surface area contributed by atoms with Gasteiger partial charge in [-0.3, -0.25) is 4.79 Å². The smallest absolute Gasteiger partial charge is 0.232 e. The number of hydrogen-bond donors (Lipinski definition) is 3. The van der Waals surface area contributed by atoms with Gasteiger partial charge in [-0.25, -0.2) is 0 Å². The van der Waals surface area contributed by atoms with Crippen molar-refractivity contribution in [3.63, 3.8) is 0 Å². The first kappa shape index (κ1) is 16.7. The van der Waals surface area contributed by atoms with Crippen molar-refractivity contribution in [1.82, 2.24) is 5.32 Å². The van der Waals surface area contributed by atoms with Gasteiger partial charge in [0.25, 0.3) is 0 Å². The second-order valence-electron chi connectivity index (χ2n) is 6.44. The Balaban J connectivity index is 1.80. The highest BCUT2D eigenvalue weighted by molar-refractivity contribution is 5.87. The Morgan fingerprint density at radius 2 is 1.54 bits per heavy atom. The van der Waals surface area contributed by atoms with Crippen molar-refractivity contribution in [2.45, 2.75) is 30.9 Å². The van der Waals surface area contributed by atoms with Crippen molar-refractivity contribution in [2.24, 2.45) is 5.92 Å². The summed E-state index contributed by atoms with van der Waals surface area (Å²) in [6.45, 7) is -0.0473. The maximum Gasteiger partial charge on any atom is 0.232 e. The van der Waals surface area contributed by atoms with Crippen LogP contribution >= 0.6 is 0 Å². The summed E-state index contributed by atoms with van der Waals surface area (Å²) in [6, 6.07) is 19.3. The van der Waals surface area contributed by atoms with Crippen molar-refractivity contribution < 1.29 is 15.0 Å². The molecule has 0 bridgehead atoms. The van der Waals surface area contributed by atoms with E-state index in [-0.39, 0.29) is 30.4 Å². The van der Waals surface area contributed by atoms with E-state index in [1.807, 2.05) is 60.7 Å². The topological polar surface area (TPSA) is 69.6 Å². The predicted octanol–water partition coefficient (Wildman–Crippen LogP) is 2.07. The molecule has 2 aromatic rings. The molecule has 0 saturated heterocycles. The first-order chi connectivity index (χ1) is 11.7. The molecule has 1 amide bonds. The molecule has 4 heteroatoms. The second-order valence-corrected chi connectivity index (χ2v) is 6.44. The Hall–Kier alpha value is -2.17. The van der Waals surface area contributed by atoms with Crippen LogP contribution in [-0.2, 0) is 4.79 Å². The van der Waals surface area contributed by atoms with Crippen molar-refractivity contribution in [2.75, 3.05) is 6.61 Å². The fraction of sp³-hybridized carbons (Fsp3) is 0.350. The number of rotatable bonds is 5. The summed E-state index contributed by atoms with van der Waals surface area (Å²) in [7, 11) is 0. The van der Waals surface area contributed by atoms with E-state index in [9.17, 15) is 15.0 Å². The zero-order valence-electron chi connectivity index (χ0n) is 13.5. The van der Waals surface area contributed by atoms with E-state index in [1.54, 1.807) is 0 Å². The first-order valence-corrected chi connectivity index (χ1v) is 8.38. The Morgan fingerprint density at radius 3 is 2.00 bits per heavy atom. The molecule has 0 aromatic heterocycles. The summed E-state index contributed by atoms with van der Waals surface area (Å²) in [5, 5.41) is 22.3. The lowest BCUT2D eigenvalue weighted by Gasteiger charge is -2.21. The molecular formula is C20H23NO3. The van der Waals surface area contributed by atoms with Crippen LogP contribution in [0.15, 0.2) is 60.7 Å². The Morgan fingerprint density at radius 1 is 1.00 bits per heavy atom. The molecule has 24 heavy (non-hydrogen) atoms. The summed E-state index contributed by atoms with van der Waals surface area (Å²) in [5.41, 5.74) is 1.89. The minimum atomic E-state index is -0.549. The van der Waals surface area contributed by atoms with E-state index < -0.39 is 6.10 Å². The average Bonchev–Trinajstić information content (AvgIpc) is 2.96. The standard InChI is InChI=1S/C20H23NO3/c22-13-16-11-17(12-18(16)23)21-20(24)19(14-7-3-1-4-8-14)15-9-5-2-6-10-15/h1-10,16-19,22-23H,11-13H2,(H,21,24)/t16-,17+,18-/m1/s1. The number of carbonyl (C=O) groups excluding carboxylic acids is 1. The number of aliphatic hydroxyl groups excluding tert-OH is 2. The summed E-state index contributed by atoms with van der Waals surface area (Å²) >= 11 is 0. The summed E-state index contributed by atoms with van der Waals surface area (Å²) < 4.78 is 0. The van der Waals surface area contributed by atoms with Gasteiger partial charge in [-0.05, 0) is 24.0 Å². The van der Waals surface area contributed by atoms with Gasteiger partial charge in [0.15, 0.2) is 0 Å². The van der Waals surface area contributed by atoms with Crippen molar-refractivity contribution in [3.8, 4) is 0 Å². The van der Waals surface area contributed by atoms with Crippen LogP contribution in [0.2, 0.25) is 0 Å². The van der Waals surface area contributed by atoms with E-state index in [0.29, 0.717) is 12.8 Å². The fourth-order valence-electron chi connectivity index (χ4n) is 3.49. The normalized spacial score (nSPS) is 23.4. The third-order valence-corrected chi connectivity index (χ3v) is 4.77. The van der Waals surface area contributed by atoms with Crippen LogP contribution in [0.1, 0.15) is 29.9 Å². The number of hydrogen-bond acceptors (Lipinski definition) is 3. The van der Waals surface area contributed by atoms with Gasteiger partial charge in [-0.15, -0.1) is 0 Å². The summed E-state index contributed by atoms with van der Waals surface area (Å²) in [6.07, 6.45) is 0.555. The van der Waals surface area contributed by atoms with Crippen LogP contribution < -0.4 is 5.32 Å².